The molecule has 0 amide bonds. The molecule has 6 heteroatoms. The average molecular weight is 333 g/mol. The Bertz CT molecular complexity index is 769. The average Bonchev–Trinajstić information content (AvgIpc) is 2.91. The zero-order chi connectivity index (χ0) is 14.1. The summed E-state index contributed by atoms with van der Waals surface area (Å²) in [6.45, 7) is 0. The van der Waals surface area contributed by atoms with Crippen molar-refractivity contribution < 1.29 is 4.39 Å². The molecule has 0 atom stereocenters. The topological polar surface area (TPSA) is 56.7 Å². The van der Waals surface area contributed by atoms with Crippen LogP contribution in [0.4, 0.5) is 10.2 Å². The Hall–Kier alpha value is -2.21. The fourth-order valence-corrected chi connectivity index (χ4v) is 2.32. The first-order chi connectivity index (χ1) is 9.65. The van der Waals surface area contributed by atoms with Crippen molar-refractivity contribution in [1.82, 2.24) is 14.5 Å². The van der Waals surface area contributed by atoms with Gasteiger partial charge in [0.05, 0.1) is 22.7 Å². The SMILES string of the molecule is Nc1cc(-c2cncn2-c2ccc(F)c(Br)c2)ccn1. The third-order valence-corrected chi connectivity index (χ3v) is 3.50. The van der Waals surface area contributed by atoms with Gasteiger partial charge in [0.1, 0.15) is 11.6 Å². The summed E-state index contributed by atoms with van der Waals surface area (Å²) in [6.07, 6.45) is 5.04. The molecule has 3 aromatic rings. The minimum absolute atomic E-state index is 0.302. The van der Waals surface area contributed by atoms with Gasteiger partial charge in [-0.05, 0) is 46.3 Å². The van der Waals surface area contributed by atoms with Crippen LogP contribution in [0.2, 0.25) is 0 Å². The van der Waals surface area contributed by atoms with Crippen molar-refractivity contribution in [2.24, 2.45) is 0 Å². The summed E-state index contributed by atoms with van der Waals surface area (Å²) >= 11 is 3.19. The Morgan fingerprint density at radius 3 is 2.80 bits per heavy atom. The summed E-state index contributed by atoms with van der Waals surface area (Å²) in [5.74, 6) is 0.138. The molecule has 4 nitrogen and oxygen atoms in total. The molecule has 1 aromatic carbocycles. The minimum atomic E-state index is -0.302. The van der Waals surface area contributed by atoms with Gasteiger partial charge in [-0.25, -0.2) is 14.4 Å². The van der Waals surface area contributed by atoms with Crippen molar-refractivity contribution in [3.63, 3.8) is 0 Å². The van der Waals surface area contributed by atoms with Gasteiger partial charge in [-0.2, -0.15) is 0 Å². The lowest BCUT2D eigenvalue weighted by atomic mass is 10.2. The van der Waals surface area contributed by atoms with E-state index in [-0.39, 0.29) is 5.82 Å². The maximum atomic E-state index is 13.3. The second-order valence-electron chi connectivity index (χ2n) is 4.22. The highest BCUT2D eigenvalue weighted by molar-refractivity contribution is 9.10. The molecule has 20 heavy (non-hydrogen) atoms. The van der Waals surface area contributed by atoms with Crippen molar-refractivity contribution in [2.75, 3.05) is 5.73 Å². The first-order valence-electron chi connectivity index (χ1n) is 5.85. The van der Waals surface area contributed by atoms with Crippen molar-refractivity contribution in [3.05, 3.63) is 59.3 Å². The molecule has 0 spiro atoms. The molecule has 3 rings (SSSR count). The molecule has 0 bridgehead atoms. The Kier molecular flexibility index (Phi) is 3.23. The Morgan fingerprint density at radius 1 is 1.20 bits per heavy atom. The third-order valence-electron chi connectivity index (χ3n) is 2.90. The number of hydrogen-bond donors (Lipinski definition) is 1. The van der Waals surface area contributed by atoms with Gasteiger partial charge in [-0.3, -0.25) is 4.57 Å². The maximum Gasteiger partial charge on any atom is 0.137 e. The summed E-state index contributed by atoms with van der Waals surface area (Å²) in [4.78, 5) is 8.12. The quantitative estimate of drug-likeness (QED) is 0.782. The van der Waals surface area contributed by atoms with E-state index in [1.807, 2.05) is 10.6 Å². The first-order valence-corrected chi connectivity index (χ1v) is 6.64. The van der Waals surface area contributed by atoms with E-state index in [1.54, 1.807) is 36.9 Å². The van der Waals surface area contributed by atoms with Gasteiger partial charge < -0.3 is 5.73 Å². The van der Waals surface area contributed by atoms with Crippen LogP contribution in [0.5, 0.6) is 0 Å². The highest BCUT2D eigenvalue weighted by Gasteiger charge is 2.09. The molecule has 2 heterocycles. The maximum absolute atomic E-state index is 13.3. The van der Waals surface area contributed by atoms with Gasteiger partial charge in [0, 0.05) is 17.4 Å². The standard InChI is InChI=1S/C14H10BrFN4/c15-11-6-10(1-2-12(11)16)20-8-18-7-13(20)9-3-4-19-14(17)5-9/h1-8H,(H2,17,19). The summed E-state index contributed by atoms with van der Waals surface area (Å²) in [5.41, 5.74) is 8.26. The van der Waals surface area contributed by atoms with Crippen LogP contribution < -0.4 is 5.73 Å². The van der Waals surface area contributed by atoms with E-state index in [0.717, 1.165) is 16.9 Å². The second-order valence-corrected chi connectivity index (χ2v) is 5.07. The monoisotopic (exact) mass is 332 g/mol. The Labute approximate surface area is 123 Å². The highest BCUT2D eigenvalue weighted by Crippen LogP contribution is 2.26. The van der Waals surface area contributed by atoms with Crippen LogP contribution in [0.15, 0.2) is 53.5 Å². The Morgan fingerprint density at radius 2 is 2.05 bits per heavy atom. The lowest BCUT2D eigenvalue weighted by Crippen LogP contribution is -1.97. The smallest absolute Gasteiger partial charge is 0.137 e. The number of benzene rings is 1. The number of nitrogens with two attached hydrogens (primary N) is 1. The number of halogens is 2. The molecule has 0 fully saturated rings. The molecule has 0 aliphatic carbocycles. The lowest BCUT2D eigenvalue weighted by molar-refractivity contribution is 0.620. The summed E-state index contributed by atoms with van der Waals surface area (Å²) in [6, 6.07) is 8.42. The van der Waals surface area contributed by atoms with Gasteiger partial charge in [0.2, 0.25) is 0 Å². The van der Waals surface area contributed by atoms with Gasteiger partial charge in [-0.1, -0.05) is 0 Å². The van der Waals surface area contributed by atoms with Crippen LogP contribution in [0, 0.1) is 5.82 Å². The van der Waals surface area contributed by atoms with E-state index in [2.05, 4.69) is 25.9 Å². The number of anilines is 1. The highest BCUT2D eigenvalue weighted by atomic mass is 79.9. The summed E-state index contributed by atoms with van der Waals surface area (Å²) < 4.78 is 15.6. The van der Waals surface area contributed by atoms with Gasteiger partial charge in [0.15, 0.2) is 0 Å². The number of nitrogens with zero attached hydrogens (tertiary/aromatic N) is 3. The minimum Gasteiger partial charge on any atom is -0.384 e. The zero-order valence-corrected chi connectivity index (χ0v) is 11.9. The molecule has 0 unspecified atom stereocenters. The fraction of sp³-hybridized carbons (Fsp3) is 0. The number of hydrogen-bond acceptors (Lipinski definition) is 3. The molecule has 100 valence electrons. The van der Waals surface area contributed by atoms with Gasteiger partial charge >= 0.3 is 0 Å². The van der Waals surface area contributed by atoms with Crippen LogP contribution in [0.3, 0.4) is 0 Å². The van der Waals surface area contributed by atoms with Crippen molar-refractivity contribution in [3.8, 4) is 16.9 Å². The zero-order valence-electron chi connectivity index (χ0n) is 10.3. The summed E-state index contributed by atoms with van der Waals surface area (Å²) in [7, 11) is 0. The van der Waals surface area contributed by atoms with Crippen LogP contribution in [-0.2, 0) is 0 Å². The number of nitrogen functional groups attached to an aromatic ring is 1. The van der Waals surface area contributed by atoms with Crippen molar-refractivity contribution >= 4 is 21.7 Å². The van der Waals surface area contributed by atoms with Crippen molar-refractivity contribution in [1.29, 1.82) is 0 Å². The van der Waals surface area contributed by atoms with Crippen LogP contribution in [0.1, 0.15) is 0 Å². The molecule has 0 saturated carbocycles. The molecule has 2 N–H and O–H groups in total. The Balaban J connectivity index is 2.12. The van der Waals surface area contributed by atoms with E-state index in [0.29, 0.717) is 10.3 Å². The number of aromatic nitrogens is 3. The largest absolute Gasteiger partial charge is 0.384 e. The molecule has 0 saturated heterocycles. The normalized spacial score (nSPS) is 10.7. The van der Waals surface area contributed by atoms with E-state index in [1.165, 1.54) is 6.07 Å². The number of pyridine rings is 1. The third kappa shape index (κ3) is 2.30. The predicted molar refractivity (Wildman–Crippen MR) is 78.9 cm³/mol. The molecule has 2 aromatic heterocycles. The predicted octanol–water partition coefficient (Wildman–Crippen LogP) is 3.42. The number of imidazole rings is 1. The summed E-state index contributed by atoms with van der Waals surface area (Å²) in [5, 5.41) is 0. The van der Waals surface area contributed by atoms with Gasteiger partial charge in [0.25, 0.3) is 0 Å². The first kappa shape index (κ1) is 12.8. The van der Waals surface area contributed by atoms with E-state index in [4.69, 9.17) is 5.73 Å². The molecule has 0 radical (unpaired) electrons. The van der Waals surface area contributed by atoms with E-state index < -0.39 is 0 Å². The van der Waals surface area contributed by atoms with E-state index >= 15 is 0 Å². The van der Waals surface area contributed by atoms with Gasteiger partial charge in [-0.15, -0.1) is 0 Å². The lowest BCUT2D eigenvalue weighted by Gasteiger charge is -2.09. The van der Waals surface area contributed by atoms with E-state index in [9.17, 15) is 4.39 Å². The second kappa shape index (κ2) is 5.05. The van der Waals surface area contributed by atoms with Crippen LogP contribution >= 0.6 is 15.9 Å². The molecule has 0 aliphatic rings. The molecular weight excluding hydrogens is 323 g/mol. The molecular formula is C14H10BrFN4. The van der Waals surface area contributed by atoms with Crippen molar-refractivity contribution in [2.45, 2.75) is 0 Å². The molecule has 0 aliphatic heterocycles. The fourth-order valence-electron chi connectivity index (χ4n) is 1.96. The van der Waals surface area contributed by atoms with Crippen LogP contribution in [0.25, 0.3) is 16.9 Å². The van der Waals surface area contributed by atoms with Crippen LogP contribution in [-0.4, -0.2) is 14.5 Å². The number of rotatable bonds is 2.